The molecule has 1 aromatic heterocycles. The number of carbonyl (C=O) groups excluding carboxylic acids is 8. The smallest absolute Gasteiger partial charge is 0.410 e. The number of hydrogen-bond donors (Lipinski definition) is 4. The van der Waals surface area contributed by atoms with E-state index in [1.807, 2.05) is 90.5 Å². The fraction of sp³-hybridized carbons (Fsp3) is 0.684. The summed E-state index contributed by atoms with van der Waals surface area (Å²) in [7, 11) is 5.02. The molecule has 19 nitrogen and oxygen atoms in total. The lowest BCUT2D eigenvalue weighted by atomic mass is 9.76. The summed E-state index contributed by atoms with van der Waals surface area (Å²) in [6.45, 7) is 32.1. The Kier molecular flexibility index (Phi) is 23.7. The number of alkyl carbamates (subject to hydrolysis) is 1. The van der Waals surface area contributed by atoms with E-state index in [0.717, 1.165) is 16.5 Å². The number of likely N-dealkylation sites (N-methyl/N-ethyl adjacent to an activating group) is 2. The van der Waals surface area contributed by atoms with Crippen molar-refractivity contribution in [2.45, 2.75) is 209 Å². The highest BCUT2D eigenvalue weighted by Crippen LogP contribution is 2.37. The average Bonchev–Trinajstić information content (AvgIpc) is 3.62. The molecular formula is C57H93N7O12. The van der Waals surface area contributed by atoms with Gasteiger partial charge in [-0.05, 0) is 125 Å². The van der Waals surface area contributed by atoms with Crippen molar-refractivity contribution in [3.8, 4) is 0 Å². The van der Waals surface area contributed by atoms with E-state index in [2.05, 4.69) is 21.3 Å². The molecule has 4 N–H and O–H groups in total. The maximum atomic E-state index is 15.0. The summed E-state index contributed by atoms with van der Waals surface area (Å²) in [5.41, 5.74) is -2.34. The number of amides is 6. The molecule has 2 rings (SSSR count). The minimum Gasteiger partial charge on any atom is -0.464 e. The third kappa shape index (κ3) is 20.4. The SMILES string of the molecule is CCOC(=O)[C@@H](CCC(=O)N[C@H](CCCCNC(=O)OC(C)(C)C)C(=O)OC(C)(C)C)NC(=O)/C(C)=C/[C@H](C(C)C)N(C)C(=O)[C@@H](NC(=O)[C@@H](N(C)C(=O)OC(C)(C)C)C(C)(C)c1cn(C)c2ccccc12)C(C)(C)C. The van der Waals surface area contributed by atoms with Crippen molar-refractivity contribution in [2.24, 2.45) is 18.4 Å². The number of aryl methyl sites for hydroxylation is 1. The van der Waals surface area contributed by atoms with Crippen LogP contribution in [0.15, 0.2) is 42.1 Å². The van der Waals surface area contributed by atoms with E-state index in [9.17, 15) is 33.6 Å². The Morgan fingerprint density at radius 2 is 1.28 bits per heavy atom. The van der Waals surface area contributed by atoms with Crippen LogP contribution in [0.25, 0.3) is 10.9 Å². The number of fused-ring (bicyclic) bond motifs is 1. The van der Waals surface area contributed by atoms with Crippen molar-refractivity contribution in [2.75, 3.05) is 27.2 Å². The van der Waals surface area contributed by atoms with Crippen LogP contribution in [0.4, 0.5) is 9.59 Å². The first kappa shape index (κ1) is 66.0. The fourth-order valence-corrected chi connectivity index (χ4v) is 8.64. The van der Waals surface area contributed by atoms with E-state index in [-0.39, 0.29) is 43.9 Å². The quantitative estimate of drug-likeness (QED) is 0.0359. The van der Waals surface area contributed by atoms with Gasteiger partial charge in [0.2, 0.25) is 23.6 Å². The standard InChI is InChI=1S/C57H93N7O12/c1-22-73-49(69)40(30-31-43(65)59-39(50(70)74-54(8,9)10)28-25-26-32-58-51(71)75-55(11,12)13)60-46(66)36(4)33-42(35(2)3)63(20)48(68)44(53(5,6)7)61-47(67)45(64(21)52(72)76-56(14,15)16)57(17,18)38-34-62(19)41-29-24-23-27-37(38)41/h23-24,27,29,33-35,39-40,42,44-45H,22,25-26,28,30-32H2,1-21H3,(H,58,71)(H,59,65)(H,60,66)(H,61,67)/b36-33+/t39-,40-,42-,44-,45-/m1/s1. The summed E-state index contributed by atoms with van der Waals surface area (Å²) in [4.78, 5) is 113. The molecule has 0 radical (unpaired) electrons. The van der Waals surface area contributed by atoms with Gasteiger partial charge in [-0.25, -0.2) is 19.2 Å². The zero-order valence-corrected chi connectivity index (χ0v) is 49.6. The Morgan fingerprint density at radius 1 is 0.711 bits per heavy atom. The lowest BCUT2D eigenvalue weighted by Crippen LogP contribution is -2.63. The van der Waals surface area contributed by atoms with E-state index >= 15 is 4.79 Å². The molecule has 5 atom stereocenters. The highest BCUT2D eigenvalue weighted by Gasteiger charge is 2.47. The molecule has 1 aromatic carbocycles. The Labute approximate surface area is 452 Å². The van der Waals surface area contributed by atoms with E-state index < -0.39 is 106 Å². The lowest BCUT2D eigenvalue weighted by Gasteiger charge is -2.42. The average molecular weight is 1070 g/mol. The Hall–Kier alpha value is -6.14. The van der Waals surface area contributed by atoms with Crippen molar-refractivity contribution >= 4 is 58.7 Å². The van der Waals surface area contributed by atoms with Crippen LogP contribution in [-0.4, -0.2) is 136 Å². The number of para-hydroxylation sites is 1. The molecule has 428 valence electrons. The first-order chi connectivity index (χ1) is 34.7. The molecule has 1 heterocycles. The highest BCUT2D eigenvalue weighted by atomic mass is 16.6. The Bertz CT molecular complexity index is 2380. The van der Waals surface area contributed by atoms with Crippen LogP contribution in [0, 0.1) is 11.3 Å². The van der Waals surface area contributed by atoms with E-state index in [1.165, 1.54) is 16.8 Å². The van der Waals surface area contributed by atoms with Crippen LogP contribution in [0.1, 0.15) is 162 Å². The fourth-order valence-electron chi connectivity index (χ4n) is 8.64. The molecule has 0 saturated carbocycles. The number of nitrogens with zero attached hydrogens (tertiary/aromatic N) is 3. The van der Waals surface area contributed by atoms with E-state index in [4.69, 9.17) is 18.9 Å². The number of aromatic nitrogens is 1. The normalized spacial score (nSPS) is 14.6. The third-order valence-corrected chi connectivity index (χ3v) is 12.4. The Morgan fingerprint density at radius 3 is 1.82 bits per heavy atom. The third-order valence-electron chi connectivity index (χ3n) is 12.4. The molecule has 6 amide bonds. The second-order valence-corrected chi connectivity index (χ2v) is 24.6. The summed E-state index contributed by atoms with van der Waals surface area (Å²) >= 11 is 0. The minimum absolute atomic E-state index is 0.00222. The zero-order chi connectivity index (χ0) is 58.5. The summed E-state index contributed by atoms with van der Waals surface area (Å²) < 4.78 is 23.9. The molecule has 0 spiro atoms. The number of ether oxygens (including phenoxy) is 4. The highest BCUT2D eigenvalue weighted by molar-refractivity contribution is 5.97. The van der Waals surface area contributed by atoms with E-state index in [0.29, 0.717) is 12.8 Å². The largest absolute Gasteiger partial charge is 0.464 e. The number of hydrogen-bond acceptors (Lipinski definition) is 12. The number of nitrogens with one attached hydrogen (secondary N) is 4. The van der Waals surface area contributed by atoms with Crippen molar-refractivity contribution in [1.82, 2.24) is 35.6 Å². The van der Waals surface area contributed by atoms with Gasteiger partial charge in [-0.1, -0.05) is 72.7 Å². The van der Waals surface area contributed by atoms with Crippen molar-refractivity contribution in [1.29, 1.82) is 0 Å². The maximum absolute atomic E-state index is 15.0. The summed E-state index contributed by atoms with van der Waals surface area (Å²) in [6.07, 6.45) is 2.95. The minimum atomic E-state index is -1.26. The first-order valence-electron chi connectivity index (χ1n) is 26.4. The van der Waals surface area contributed by atoms with Gasteiger partial charge in [0.15, 0.2) is 0 Å². The summed E-state index contributed by atoms with van der Waals surface area (Å²) in [5.74, 6) is -3.93. The van der Waals surface area contributed by atoms with Gasteiger partial charge in [0.05, 0.1) is 12.6 Å². The molecule has 76 heavy (non-hydrogen) atoms. The molecule has 0 aliphatic carbocycles. The first-order valence-corrected chi connectivity index (χ1v) is 26.4. The van der Waals surface area contributed by atoms with Gasteiger partial charge < -0.3 is 49.7 Å². The molecule has 0 aliphatic heterocycles. The lowest BCUT2D eigenvalue weighted by molar-refractivity contribution is -0.159. The van der Waals surface area contributed by atoms with Gasteiger partial charge in [-0.3, -0.25) is 24.1 Å². The van der Waals surface area contributed by atoms with Gasteiger partial charge in [-0.2, -0.15) is 0 Å². The van der Waals surface area contributed by atoms with Gasteiger partial charge in [0.25, 0.3) is 0 Å². The van der Waals surface area contributed by atoms with Gasteiger partial charge in [-0.15, -0.1) is 0 Å². The van der Waals surface area contributed by atoms with Crippen LogP contribution in [0.3, 0.4) is 0 Å². The van der Waals surface area contributed by atoms with E-state index in [1.54, 1.807) is 89.3 Å². The molecule has 19 heteroatoms. The number of benzene rings is 1. The maximum Gasteiger partial charge on any atom is 0.410 e. The molecule has 0 saturated heterocycles. The molecule has 0 fully saturated rings. The van der Waals surface area contributed by atoms with Crippen LogP contribution < -0.4 is 21.3 Å². The van der Waals surface area contributed by atoms with Crippen LogP contribution in [0.2, 0.25) is 0 Å². The number of rotatable bonds is 23. The topological polar surface area (TPSA) is 233 Å². The summed E-state index contributed by atoms with van der Waals surface area (Å²) in [6, 6.07) is 2.51. The van der Waals surface area contributed by atoms with Gasteiger partial charge >= 0.3 is 24.1 Å². The molecule has 0 bridgehead atoms. The second-order valence-electron chi connectivity index (χ2n) is 24.6. The number of esters is 2. The zero-order valence-electron chi connectivity index (χ0n) is 49.6. The van der Waals surface area contributed by atoms with Crippen molar-refractivity contribution in [3.05, 3.63) is 47.7 Å². The predicted octanol–water partition coefficient (Wildman–Crippen LogP) is 8.00. The number of unbranched alkanes of at least 4 members (excludes halogenated alkanes) is 1. The number of carbonyl (C=O) groups is 8. The molecule has 0 aliphatic rings. The van der Waals surface area contributed by atoms with Crippen LogP contribution >= 0.6 is 0 Å². The van der Waals surface area contributed by atoms with Gasteiger partial charge in [0.1, 0.15) is 41.0 Å². The molecule has 2 aromatic rings. The molecule has 0 unspecified atom stereocenters. The summed E-state index contributed by atoms with van der Waals surface area (Å²) in [5, 5.41) is 12.1. The van der Waals surface area contributed by atoms with Crippen LogP contribution in [0.5, 0.6) is 0 Å². The van der Waals surface area contributed by atoms with Crippen molar-refractivity contribution < 1.29 is 57.3 Å². The van der Waals surface area contributed by atoms with Crippen molar-refractivity contribution in [3.63, 3.8) is 0 Å². The van der Waals surface area contributed by atoms with Crippen LogP contribution in [-0.2, 0) is 60.2 Å². The monoisotopic (exact) mass is 1070 g/mol. The second kappa shape index (κ2) is 27.3. The Balaban J connectivity index is 2.41. The predicted molar refractivity (Wildman–Crippen MR) is 294 cm³/mol. The van der Waals surface area contributed by atoms with Gasteiger partial charge in [0, 0.05) is 62.2 Å². The molecular weight excluding hydrogens is 975 g/mol.